The number of anilines is 1. The van der Waals surface area contributed by atoms with Gasteiger partial charge in [0.2, 0.25) is 11.1 Å². The molecule has 1 aliphatic rings. The molecule has 0 bridgehead atoms. The fourth-order valence-corrected chi connectivity index (χ4v) is 5.22. The Morgan fingerprint density at radius 3 is 2.39 bits per heavy atom. The van der Waals surface area contributed by atoms with Crippen molar-refractivity contribution in [2.24, 2.45) is 0 Å². The standard InChI is InChI=1S/C25H22ClN5OS/c1-15-12-16(2)14-20(13-15)27-24(32)22-21(17-8-10-19(26)11-9-17)30-31-23(28-29-25(31)33-22)18-6-4-3-5-7-18/h3-14,21-22,30H,1-2H3,(H,27,32)/t21-,22-/m1/s1. The van der Waals surface area contributed by atoms with Crippen LogP contribution in [0.1, 0.15) is 22.7 Å². The van der Waals surface area contributed by atoms with Crippen molar-refractivity contribution in [3.8, 4) is 11.4 Å². The lowest BCUT2D eigenvalue weighted by atomic mass is 10.0. The second-order valence-corrected chi connectivity index (χ2v) is 9.62. The van der Waals surface area contributed by atoms with E-state index in [4.69, 9.17) is 11.6 Å². The maximum absolute atomic E-state index is 13.5. The third kappa shape index (κ3) is 4.47. The molecule has 2 atom stereocenters. The molecule has 0 radical (unpaired) electrons. The van der Waals surface area contributed by atoms with Gasteiger partial charge in [0.25, 0.3) is 0 Å². The summed E-state index contributed by atoms with van der Waals surface area (Å²) < 4.78 is 1.86. The third-order valence-electron chi connectivity index (χ3n) is 5.45. The summed E-state index contributed by atoms with van der Waals surface area (Å²) in [5, 5.41) is 12.7. The number of hydrogen-bond acceptors (Lipinski definition) is 5. The Morgan fingerprint density at radius 1 is 1.00 bits per heavy atom. The Morgan fingerprint density at radius 2 is 1.70 bits per heavy atom. The SMILES string of the molecule is Cc1cc(C)cc(NC(=O)[C@@H]2Sc3nnc(-c4ccccc4)n3N[C@@H]2c2ccc(Cl)cc2)c1. The molecule has 2 heterocycles. The van der Waals surface area contributed by atoms with Gasteiger partial charge in [-0.1, -0.05) is 71.9 Å². The zero-order chi connectivity index (χ0) is 22.9. The van der Waals surface area contributed by atoms with Crippen LogP contribution in [0.4, 0.5) is 5.69 Å². The van der Waals surface area contributed by atoms with E-state index in [1.165, 1.54) is 11.8 Å². The van der Waals surface area contributed by atoms with Crippen LogP contribution in [0.2, 0.25) is 5.02 Å². The van der Waals surface area contributed by atoms with Crippen molar-refractivity contribution in [2.75, 3.05) is 10.7 Å². The van der Waals surface area contributed by atoms with E-state index in [2.05, 4.69) is 27.0 Å². The number of aryl methyl sites for hydroxylation is 2. The maximum Gasteiger partial charge on any atom is 0.240 e. The molecular weight excluding hydrogens is 454 g/mol. The highest BCUT2D eigenvalue weighted by atomic mass is 35.5. The molecule has 0 aliphatic carbocycles. The normalized spacial score (nSPS) is 17.2. The number of thioether (sulfide) groups is 1. The van der Waals surface area contributed by atoms with Gasteiger partial charge >= 0.3 is 0 Å². The summed E-state index contributed by atoms with van der Waals surface area (Å²) in [5.74, 6) is 0.596. The molecule has 0 unspecified atom stereocenters. The monoisotopic (exact) mass is 475 g/mol. The highest BCUT2D eigenvalue weighted by molar-refractivity contribution is 8.00. The summed E-state index contributed by atoms with van der Waals surface area (Å²) in [6, 6.07) is 23.1. The van der Waals surface area contributed by atoms with Gasteiger partial charge in [0.1, 0.15) is 5.25 Å². The number of halogens is 1. The van der Waals surface area contributed by atoms with E-state index in [0.29, 0.717) is 16.0 Å². The van der Waals surface area contributed by atoms with Crippen molar-refractivity contribution in [3.05, 3.63) is 94.5 Å². The molecule has 0 saturated carbocycles. The fraction of sp³-hybridized carbons (Fsp3) is 0.160. The van der Waals surface area contributed by atoms with Crippen LogP contribution in [0.25, 0.3) is 11.4 Å². The highest BCUT2D eigenvalue weighted by Crippen LogP contribution is 2.39. The molecule has 8 heteroatoms. The second kappa shape index (κ2) is 8.92. The van der Waals surface area contributed by atoms with Gasteiger partial charge in [-0.05, 0) is 54.8 Å². The summed E-state index contributed by atoms with van der Waals surface area (Å²) in [4.78, 5) is 13.5. The van der Waals surface area contributed by atoms with E-state index >= 15 is 0 Å². The largest absolute Gasteiger partial charge is 0.325 e. The Kier molecular flexibility index (Phi) is 5.83. The minimum Gasteiger partial charge on any atom is -0.325 e. The average Bonchev–Trinajstić information content (AvgIpc) is 3.21. The minimum atomic E-state index is -0.465. The first-order valence-corrected chi connectivity index (χ1v) is 11.8. The molecule has 5 rings (SSSR count). The Balaban J connectivity index is 1.51. The molecule has 4 aromatic rings. The van der Waals surface area contributed by atoms with Crippen LogP contribution in [0.3, 0.4) is 0 Å². The van der Waals surface area contributed by atoms with Gasteiger partial charge in [0, 0.05) is 16.3 Å². The van der Waals surface area contributed by atoms with E-state index in [0.717, 1.165) is 27.9 Å². The summed E-state index contributed by atoms with van der Waals surface area (Å²) in [6.07, 6.45) is 0. The van der Waals surface area contributed by atoms with Gasteiger partial charge in [0.05, 0.1) is 6.04 Å². The van der Waals surface area contributed by atoms with Gasteiger partial charge in [-0.2, -0.15) is 0 Å². The van der Waals surface area contributed by atoms with Crippen molar-refractivity contribution in [1.82, 2.24) is 14.9 Å². The number of carbonyl (C=O) groups is 1. The number of hydrogen-bond donors (Lipinski definition) is 2. The van der Waals surface area contributed by atoms with Gasteiger partial charge in [-0.25, -0.2) is 4.68 Å². The van der Waals surface area contributed by atoms with E-state index in [-0.39, 0.29) is 11.9 Å². The van der Waals surface area contributed by atoms with Crippen molar-refractivity contribution >= 4 is 35.0 Å². The molecule has 1 aliphatic heterocycles. The molecule has 2 N–H and O–H groups in total. The van der Waals surface area contributed by atoms with Crippen LogP contribution in [0.15, 0.2) is 78.0 Å². The lowest BCUT2D eigenvalue weighted by molar-refractivity contribution is -0.116. The van der Waals surface area contributed by atoms with E-state index in [1.54, 1.807) is 0 Å². The highest BCUT2D eigenvalue weighted by Gasteiger charge is 2.38. The van der Waals surface area contributed by atoms with Crippen molar-refractivity contribution in [1.29, 1.82) is 0 Å². The second-order valence-electron chi connectivity index (χ2n) is 8.07. The molecule has 1 aromatic heterocycles. The number of aromatic nitrogens is 3. The summed E-state index contributed by atoms with van der Waals surface area (Å²) >= 11 is 7.52. The molecule has 0 fully saturated rings. The molecule has 1 amide bonds. The van der Waals surface area contributed by atoms with Crippen LogP contribution in [0.5, 0.6) is 0 Å². The van der Waals surface area contributed by atoms with Crippen molar-refractivity contribution < 1.29 is 4.79 Å². The summed E-state index contributed by atoms with van der Waals surface area (Å²) in [5.41, 5.74) is 8.36. The minimum absolute atomic E-state index is 0.104. The van der Waals surface area contributed by atoms with Crippen molar-refractivity contribution in [2.45, 2.75) is 30.3 Å². The van der Waals surface area contributed by atoms with E-state index in [1.807, 2.05) is 85.3 Å². The smallest absolute Gasteiger partial charge is 0.240 e. The molecule has 0 saturated heterocycles. The predicted molar refractivity (Wildman–Crippen MR) is 133 cm³/mol. The van der Waals surface area contributed by atoms with Gasteiger partial charge in [0.15, 0.2) is 5.82 Å². The maximum atomic E-state index is 13.5. The fourth-order valence-electron chi connectivity index (χ4n) is 4.01. The molecule has 33 heavy (non-hydrogen) atoms. The van der Waals surface area contributed by atoms with Crippen LogP contribution < -0.4 is 10.7 Å². The Bertz CT molecular complexity index is 1290. The van der Waals surface area contributed by atoms with Crippen molar-refractivity contribution in [3.63, 3.8) is 0 Å². The molecular formula is C25H22ClN5OS. The van der Waals surface area contributed by atoms with E-state index < -0.39 is 5.25 Å². The lowest BCUT2D eigenvalue weighted by Gasteiger charge is -2.33. The molecule has 3 aromatic carbocycles. The average molecular weight is 476 g/mol. The van der Waals surface area contributed by atoms with E-state index in [9.17, 15) is 4.79 Å². The van der Waals surface area contributed by atoms with Gasteiger partial charge < -0.3 is 10.7 Å². The number of amides is 1. The number of benzene rings is 3. The van der Waals surface area contributed by atoms with Crippen LogP contribution in [-0.2, 0) is 4.79 Å². The first-order chi connectivity index (χ1) is 16.0. The van der Waals surface area contributed by atoms with Crippen LogP contribution in [0, 0.1) is 13.8 Å². The predicted octanol–water partition coefficient (Wildman–Crippen LogP) is 5.61. The van der Waals surface area contributed by atoms with Gasteiger partial charge in [-0.3, -0.25) is 4.79 Å². The molecule has 6 nitrogen and oxygen atoms in total. The van der Waals surface area contributed by atoms with Gasteiger partial charge in [-0.15, -0.1) is 10.2 Å². The Hall–Kier alpha value is -3.29. The molecule has 0 spiro atoms. The first-order valence-electron chi connectivity index (χ1n) is 10.6. The number of carbonyl (C=O) groups excluding carboxylic acids is 1. The first kappa shape index (κ1) is 21.6. The number of rotatable bonds is 4. The number of nitrogens with one attached hydrogen (secondary N) is 2. The topological polar surface area (TPSA) is 71.8 Å². The zero-order valence-electron chi connectivity index (χ0n) is 18.1. The van der Waals surface area contributed by atoms with Crippen LogP contribution >= 0.6 is 23.4 Å². The summed E-state index contributed by atoms with van der Waals surface area (Å²) in [7, 11) is 0. The van der Waals surface area contributed by atoms with Crippen LogP contribution in [-0.4, -0.2) is 26.0 Å². The number of fused-ring (bicyclic) bond motifs is 1. The molecule has 166 valence electrons. The zero-order valence-corrected chi connectivity index (χ0v) is 19.7. The lowest BCUT2D eigenvalue weighted by Crippen LogP contribution is -2.41. The number of nitrogens with zero attached hydrogens (tertiary/aromatic N) is 3. The summed E-state index contributed by atoms with van der Waals surface area (Å²) in [6.45, 7) is 4.04. The quantitative estimate of drug-likeness (QED) is 0.401. The Labute approximate surface area is 201 Å². The third-order valence-corrected chi connectivity index (χ3v) is 6.91.